The summed E-state index contributed by atoms with van der Waals surface area (Å²) in [5.74, 6) is -0.959. The molecule has 1 aromatic heterocycles. The predicted octanol–water partition coefficient (Wildman–Crippen LogP) is 0.288. The van der Waals surface area contributed by atoms with Crippen molar-refractivity contribution in [1.82, 2.24) is 14.5 Å². The van der Waals surface area contributed by atoms with E-state index in [4.69, 9.17) is 9.84 Å². The first-order valence-electron chi connectivity index (χ1n) is 6.46. The van der Waals surface area contributed by atoms with Crippen LogP contribution in [0, 0.1) is 13.8 Å². The number of nitrogens with one attached hydrogen (secondary N) is 1. The maximum Gasteiger partial charge on any atom is 0.305 e. The highest BCUT2D eigenvalue weighted by molar-refractivity contribution is 7.89. The monoisotopic (exact) mass is 319 g/mol. The Kier molecular flexibility index (Phi) is 5.87. The second kappa shape index (κ2) is 7.01. The van der Waals surface area contributed by atoms with Crippen molar-refractivity contribution >= 4 is 16.0 Å². The minimum atomic E-state index is -3.72. The average Bonchev–Trinajstić information content (AvgIpc) is 2.61. The Morgan fingerprint density at radius 1 is 1.48 bits per heavy atom. The lowest BCUT2D eigenvalue weighted by atomic mass is 10.4. The van der Waals surface area contributed by atoms with Gasteiger partial charge < -0.3 is 9.84 Å². The molecule has 0 spiro atoms. The van der Waals surface area contributed by atoms with Gasteiger partial charge in [-0.3, -0.25) is 9.48 Å². The van der Waals surface area contributed by atoms with Gasteiger partial charge in [0, 0.05) is 13.2 Å². The summed E-state index contributed by atoms with van der Waals surface area (Å²) < 4.78 is 33.6. The van der Waals surface area contributed by atoms with Gasteiger partial charge in [0.05, 0.1) is 31.0 Å². The number of aliphatic carboxylic acids is 1. The number of aryl methyl sites for hydroxylation is 2. The Morgan fingerprint density at radius 3 is 2.62 bits per heavy atom. The number of hydrogen-bond donors (Lipinski definition) is 2. The van der Waals surface area contributed by atoms with Gasteiger partial charge in [-0.2, -0.15) is 5.10 Å². The van der Waals surface area contributed by atoms with Crippen molar-refractivity contribution in [2.24, 2.45) is 0 Å². The van der Waals surface area contributed by atoms with E-state index in [0.717, 1.165) is 0 Å². The maximum atomic E-state index is 12.4. The van der Waals surface area contributed by atoms with E-state index >= 15 is 0 Å². The van der Waals surface area contributed by atoms with Gasteiger partial charge in [0.2, 0.25) is 10.0 Å². The van der Waals surface area contributed by atoms with E-state index in [2.05, 4.69) is 9.82 Å². The van der Waals surface area contributed by atoms with Crippen LogP contribution >= 0.6 is 0 Å². The normalized spacial score (nSPS) is 13.3. The Morgan fingerprint density at radius 2 is 2.10 bits per heavy atom. The van der Waals surface area contributed by atoms with Crippen molar-refractivity contribution in [3.8, 4) is 0 Å². The van der Waals surface area contributed by atoms with Crippen molar-refractivity contribution in [1.29, 1.82) is 0 Å². The molecule has 9 heteroatoms. The number of carboxylic acid groups (broad SMARTS) is 1. The molecule has 0 radical (unpaired) electrons. The molecule has 1 atom stereocenters. The number of methoxy groups -OCH3 is 1. The first-order chi connectivity index (χ1) is 9.69. The maximum absolute atomic E-state index is 12.4. The largest absolute Gasteiger partial charge is 0.481 e. The summed E-state index contributed by atoms with van der Waals surface area (Å²) in [6.45, 7) is 5.27. The van der Waals surface area contributed by atoms with Crippen LogP contribution < -0.4 is 4.72 Å². The van der Waals surface area contributed by atoms with Crippen LogP contribution in [0.15, 0.2) is 4.90 Å². The van der Waals surface area contributed by atoms with Gasteiger partial charge in [-0.25, -0.2) is 13.1 Å². The third kappa shape index (κ3) is 4.51. The molecule has 0 bridgehead atoms. The molecule has 1 rings (SSSR count). The average molecular weight is 319 g/mol. The van der Waals surface area contributed by atoms with Gasteiger partial charge in [-0.05, 0) is 20.8 Å². The van der Waals surface area contributed by atoms with E-state index in [0.29, 0.717) is 11.4 Å². The van der Waals surface area contributed by atoms with Gasteiger partial charge in [-0.1, -0.05) is 0 Å². The molecule has 1 unspecified atom stereocenters. The van der Waals surface area contributed by atoms with Crippen molar-refractivity contribution in [2.45, 2.75) is 44.7 Å². The van der Waals surface area contributed by atoms with Crippen LogP contribution in [0.5, 0.6) is 0 Å². The van der Waals surface area contributed by atoms with E-state index in [1.807, 2.05) is 0 Å². The first-order valence-corrected chi connectivity index (χ1v) is 7.94. The third-order valence-electron chi connectivity index (χ3n) is 2.89. The Hall–Kier alpha value is -1.45. The number of aromatic nitrogens is 2. The summed E-state index contributed by atoms with van der Waals surface area (Å²) in [5, 5.41) is 12.8. The molecule has 2 N–H and O–H groups in total. The summed E-state index contributed by atoms with van der Waals surface area (Å²) in [5.41, 5.74) is 0.765. The molecule has 21 heavy (non-hydrogen) atoms. The topological polar surface area (TPSA) is 111 Å². The molecule has 0 aromatic carbocycles. The van der Waals surface area contributed by atoms with Crippen molar-refractivity contribution in [2.75, 3.05) is 13.7 Å². The van der Waals surface area contributed by atoms with Crippen LogP contribution in [0.1, 0.15) is 24.7 Å². The van der Waals surface area contributed by atoms with E-state index in [1.54, 1.807) is 20.8 Å². The number of carboxylic acids is 1. The highest BCUT2D eigenvalue weighted by Gasteiger charge is 2.26. The van der Waals surface area contributed by atoms with Crippen LogP contribution in [-0.2, 0) is 26.1 Å². The molecule has 0 aliphatic heterocycles. The van der Waals surface area contributed by atoms with Gasteiger partial charge in [-0.15, -0.1) is 0 Å². The number of ether oxygens (including phenoxy) is 1. The standard InChI is InChI=1S/C12H21N3O5S/c1-8(7-20-4)14-21(18,19)12-9(2)13-15(10(12)3)6-5-11(16)17/h8,14H,5-7H2,1-4H3,(H,16,17). The molecule has 1 aromatic rings. The summed E-state index contributed by atoms with van der Waals surface area (Å²) >= 11 is 0. The second-order valence-corrected chi connectivity index (χ2v) is 6.50. The summed E-state index contributed by atoms with van der Waals surface area (Å²) in [7, 11) is -2.23. The number of nitrogens with zero attached hydrogens (tertiary/aromatic N) is 2. The molecule has 0 aliphatic rings. The lowest BCUT2D eigenvalue weighted by Gasteiger charge is -2.13. The second-order valence-electron chi connectivity index (χ2n) is 4.84. The zero-order chi connectivity index (χ0) is 16.2. The van der Waals surface area contributed by atoms with Crippen LogP contribution in [0.4, 0.5) is 0 Å². The Balaban J connectivity index is 3.04. The van der Waals surface area contributed by atoms with Crippen LogP contribution in [-0.4, -0.2) is 49.0 Å². The lowest BCUT2D eigenvalue weighted by molar-refractivity contribution is -0.137. The molecular formula is C12H21N3O5S. The molecule has 0 amide bonds. The molecule has 0 saturated heterocycles. The van der Waals surface area contributed by atoms with Crippen molar-refractivity contribution in [3.63, 3.8) is 0 Å². The van der Waals surface area contributed by atoms with E-state index in [-0.39, 0.29) is 30.5 Å². The van der Waals surface area contributed by atoms with Crippen molar-refractivity contribution in [3.05, 3.63) is 11.4 Å². The van der Waals surface area contributed by atoms with Crippen molar-refractivity contribution < 1.29 is 23.1 Å². The first kappa shape index (κ1) is 17.6. The Labute approximate surface area is 124 Å². The van der Waals surface area contributed by atoms with Crippen LogP contribution in [0.3, 0.4) is 0 Å². The molecule has 120 valence electrons. The quantitative estimate of drug-likeness (QED) is 0.712. The molecular weight excluding hydrogens is 298 g/mol. The van der Waals surface area contributed by atoms with Gasteiger partial charge in [0.25, 0.3) is 0 Å². The zero-order valence-electron chi connectivity index (χ0n) is 12.6. The molecule has 0 aliphatic carbocycles. The number of sulfonamides is 1. The number of rotatable bonds is 8. The minimum Gasteiger partial charge on any atom is -0.481 e. The fourth-order valence-electron chi connectivity index (χ4n) is 2.10. The fraction of sp³-hybridized carbons (Fsp3) is 0.667. The fourth-order valence-corrected chi connectivity index (χ4v) is 3.74. The van der Waals surface area contributed by atoms with E-state index < -0.39 is 16.0 Å². The summed E-state index contributed by atoms with van der Waals surface area (Å²) in [6, 6.07) is -0.374. The number of hydrogen-bond acceptors (Lipinski definition) is 5. The Bertz CT molecular complexity index is 609. The smallest absolute Gasteiger partial charge is 0.305 e. The van der Waals surface area contributed by atoms with Crippen LogP contribution in [0.25, 0.3) is 0 Å². The van der Waals surface area contributed by atoms with E-state index in [9.17, 15) is 13.2 Å². The van der Waals surface area contributed by atoms with E-state index in [1.165, 1.54) is 11.8 Å². The van der Waals surface area contributed by atoms with Crippen LogP contribution in [0.2, 0.25) is 0 Å². The van der Waals surface area contributed by atoms with Gasteiger partial charge in [0.15, 0.2) is 0 Å². The molecule has 0 fully saturated rings. The highest BCUT2D eigenvalue weighted by Crippen LogP contribution is 2.19. The minimum absolute atomic E-state index is 0.0934. The summed E-state index contributed by atoms with van der Waals surface area (Å²) in [4.78, 5) is 10.7. The SMILES string of the molecule is COCC(C)NS(=O)(=O)c1c(C)nn(CCC(=O)O)c1C. The summed E-state index contributed by atoms with van der Waals surface area (Å²) in [6.07, 6.45) is -0.116. The third-order valence-corrected chi connectivity index (χ3v) is 4.74. The zero-order valence-corrected chi connectivity index (χ0v) is 13.4. The highest BCUT2D eigenvalue weighted by atomic mass is 32.2. The predicted molar refractivity (Wildman–Crippen MR) is 75.6 cm³/mol. The number of carbonyl (C=O) groups is 1. The molecule has 1 heterocycles. The molecule has 8 nitrogen and oxygen atoms in total. The molecule has 0 saturated carbocycles. The van der Waals surface area contributed by atoms with Gasteiger partial charge in [0.1, 0.15) is 4.90 Å². The van der Waals surface area contributed by atoms with Gasteiger partial charge >= 0.3 is 5.97 Å². The lowest BCUT2D eigenvalue weighted by Crippen LogP contribution is -2.36.